The molecule has 2 N–H and O–H groups in total. The van der Waals surface area contributed by atoms with Gasteiger partial charge in [0.1, 0.15) is 10.6 Å². The van der Waals surface area contributed by atoms with Crippen molar-refractivity contribution < 1.29 is 19.4 Å². The smallest absolute Gasteiger partial charge is 0.345 e. The van der Waals surface area contributed by atoms with Gasteiger partial charge in [-0.3, -0.25) is 4.79 Å². The summed E-state index contributed by atoms with van der Waals surface area (Å²) in [6.07, 6.45) is 0. The number of para-hydroxylation sites is 1. The molecule has 1 aromatic carbocycles. The summed E-state index contributed by atoms with van der Waals surface area (Å²) < 4.78 is 5.39. The van der Waals surface area contributed by atoms with Gasteiger partial charge in [-0.15, -0.1) is 11.3 Å². The van der Waals surface area contributed by atoms with E-state index in [0.29, 0.717) is 22.9 Å². The average Bonchev–Trinajstić information content (AvgIpc) is 2.88. The number of hydrogen-bond acceptors (Lipinski definition) is 4. The van der Waals surface area contributed by atoms with Gasteiger partial charge in [-0.2, -0.15) is 0 Å². The van der Waals surface area contributed by atoms with Crippen LogP contribution in [0.15, 0.2) is 36.4 Å². The molecule has 1 aromatic heterocycles. The van der Waals surface area contributed by atoms with E-state index in [2.05, 4.69) is 5.32 Å². The van der Waals surface area contributed by atoms with Gasteiger partial charge in [0.2, 0.25) is 0 Å². The fourth-order valence-electron chi connectivity index (χ4n) is 1.63. The van der Waals surface area contributed by atoms with Crippen LogP contribution in [0.25, 0.3) is 0 Å². The zero-order valence-electron chi connectivity index (χ0n) is 10.8. The first kappa shape index (κ1) is 14.1. The maximum absolute atomic E-state index is 12.2. The molecule has 1 amide bonds. The number of carbonyl (C=O) groups is 2. The molecule has 1 heterocycles. The molecule has 0 spiro atoms. The fraction of sp³-hybridized carbons (Fsp3) is 0.143. The Morgan fingerprint density at radius 2 is 2.00 bits per heavy atom. The van der Waals surface area contributed by atoms with Crippen molar-refractivity contribution >= 4 is 28.2 Å². The van der Waals surface area contributed by atoms with E-state index in [9.17, 15) is 9.59 Å². The molecule has 0 unspecified atom stereocenters. The number of nitrogens with one attached hydrogen (secondary N) is 1. The molecule has 0 saturated carbocycles. The summed E-state index contributed by atoms with van der Waals surface area (Å²) in [4.78, 5) is 23.1. The monoisotopic (exact) mass is 291 g/mol. The van der Waals surface area contributed by atoms with Gasteiger partial charge in [-0.05, 0) is 31.2 Å². The first-order valence-electron chi connectivity index (χ1n) is 5.98. The molecule has 0 bridgehead atoms. The Morgan fingerprint density at radius 1 is 1.25 bits per heavy atom. The third kappa shape index (κ3) is 3.16. The highest BCUT2D eigenvalue weighted by atomic mass is 32.1. The predicted molar refractivity (Wildman–Crippen MR) is 76.8 cm³/mol. The van der Waals surface area contributed by atoms with Crippen molar-refractivity contribution in [1.82, 2.24) is 0 Å². The molecule has 0 aliphatic heterocycles. The van der Waals surface area contributed by atoms with Crippen LogP contribution in [0.2, 0.25) is 0 Å². The number of hydrogen-bond donors (Lipinski definition) is 2. The number of carboxylic acid groups (broad SMARTS) is 1. The van der Waals surface area contributed by atoms with E-state index in [1.54, 1.807) is 30.3 Å². The van der Waals surface area contributed by atoms with Crippen LogP contribution in [-0.4, -0.2) is 23.6 Å². The number of anilines is 1. The zero-order chi connectivity index (χ0) is 14.5. The van der Waals surface area contributed by atoms with Crippen molar-refractivity contribution in [2.24, 2.45) is 0 Å². The van der Waals surface area contributed by atoms with E-state index in [1.165, 1.54) is 6.07 Å². The van der Waals surface area contributed by atoms with Crippen molar-refractivity contribution in [2.45, 2.75) is 6.92 Å². The Balaban J connectivity index is 2.17. The van der Waals surface area contributed by atoms with Crippen LogP contribution in [-0.2, 0) is 0 Å². The minimum atomic E-state index is -1.01. The van der Waals surface area contributed by atoms with Crippen molar-refractivity contribution in [1.29, 1.82) is 0 Å². The molecule has 20 heavy (non-hydrogen) atoms. The highest BCUT2D eigenvalue weighted by Gasteiger charge is 2.14. The van der Waals surface area contributed by atoms with Gasteiger partial charge in [0.25, 0.3) is 5.91 Å². The van der Waals surface area contributed by atoms with Gasteiger partial charge in [0, 0.05) is 0 Å². The van der Waals surface area contributed by atoms with E-state index >= 15 is 0 Å². The van der Waals surface area contributed by atoms with E-state index in [1.807, 2.05) is 6.92 Å². The van der Waals surface area contributed by atoms with Crippen LogP contribution in [0, 0.1) is 0 Å². The second-order valence-electron chi connectivity index (χ2n) is 3.85. The molecule has 0 aliphatic rings. The van der Waals surface area contributed by atoms with Gasteiger partial charge in [0.05, 0.1) is 17.2 Å². The molecule has 0 saturated heterocycles. The normalized spacial score (nSPS) is 10.1. The standard InChI is InChI=1S/C14H13NO4S/c1-2-19-10-6-4-3-5-9(10)13(16)15-12-8-7-11(20-12)14(17)18/h3-8H,2H2,1H3,(H,15,16)(H,17,18). The summed E-state index contributed by atoms with van der Waals surface area (Å²) in [7, 11) is 0. The summed E-state index contributed by atoms with van der Waals surface area (Å²) in [6.45, 7) is 2.31. The van der Waals surface area contributed by atoms with E-state index in [4.69, 9.17) is 9.84 Å². The Bertz CT molecular complexity index is 636. The van der Waals surface area contributed by atoms with Crippen LogP contribution in [0.1, 0.15) is 27.0 Å². The number of amides is 1. The molecule has 2 rings (SSSR count). The number of carboxylic acids is 1. The topological polar surface area (TPSA) is 75.6 Å². The quantitative estimate of drug-likeness (QED) is 0.887. The third-order valence-electron chi connectivity index (χ3n) is 2.49. The van der Waals surface area contributed by atoms with Gasteiger partial charge >= 0.3 is 5.97 Å². The lowest BCUT2D eigenvalue weighted by molar-refractivity contribution is 0.0702. The summed E-state index contributed by atoms with van der Waals surface area (Å²) in [6, 6.07) is 9.93. The highest BCUT2D eigenvalue weighted by molar-refractivity contribution is 7.18. The summed E-state index contributed by atoms with van der Waals surface area (Å²) in [5.41, 5.74) is 0.416. The second kappa shape index (κ2) is 6.21. The number of carbonyl (C=O) groups excluding carboxylic acids is 1. The predicted octanol–water partition coefficient (Wildman–Crippen LogP) is 3.10. The maximum atomic E-state index is 12.2. The summed E-state index contributed by atoms with van der Waals surface area (Å²) in [5.74, 6) is -0.833. The number of thiophene rings is 1. The lowest BCUT2D eigenvalue weighted by Crippen LogP contribution is -2.12. The molecular weight excluding hydrogens is 278 g/mol. The number of ether oxygens (including phenoxy) is 1. The molecule has 6 heteroatoms. The molecule has 5 nitrogen and oxygen atoms in total. The third-order valence-corrected chi connectivity index (χ3v) is 3.47. The Hall–Kier alpha value is -2.34. The van der Waals surface area contributed by atoms with Crippen molar-refractivity contribution in [3.05, 3.63) is 46.8 Å². The number of benzene rings is 1. The number of rotatable bonds is 5. The van der Waals surface area contributed by atoms with E-state index < -0.39 is 5.97 Å². The molecule has 2 aromatic rings. The number of aromatic carboxylic acids is 1. The largest absolute Gasteiger partial charge is 0.493 e. The second-order valence-corrected chi connectivity index (χ2v) is 4.94. The van der Waals surface area contributed by atoms with Crippen LogP contribution < -0.4 is 10.1 Å². The molecule has 0 aliphatic carbocycles. The SMILES string of the molecule is CCOc1ccccc1C(=O)Nc1ccc(C(=O)O)s1. The Kier molecular flexibility index (Phi) is 4.37. The highest BCUT2D eigenvalue weighted by Crippen LogP contribution is 2.24. The summed E-state index contributed by atoms with van der Waals surface area (Å²) >= 11 is 1.01. The minimum absolute atomic E-state index is 0.179. The van der Waals surface area contributed by atoms with Gasteiger partial charge in [0.15, 0.2) is 0 Å². The van der Waals surface area contributed by atoms with Crippen molar-refractivity contribution in [2.75, 3.05) is 11.9 Å². The van der Waals surface area contributed by atoms with Crippen molar-refractivity contribution in [3.63, 3.8) is 0 Å². The van der Waals surface area contributed by atoms with Crippen LogP contribution >= 0.6 is 11.3 Å². The first-order chi connectivity index (χ1) is 9.61. The Morgan fingerprint density at radius 3 is 2.65 bits per heavy atom. The van der Waals surface area contributed by atoms with Crippen LogP contribution in [0.4, 0.5) is 5.00 Å². The molecular formula is C14H13NO4S. The lowest BCUT2D eigenvalue weighted by Gasteiger charge is -2.09. The molecule has 0 atom stereocenters. The maximum Gasteiger partial charge on any atom is 0.345 e. The van der Waals surface area contributed by atoms with E-state index in [0.717, 1.165) is 11.3 Å². The first-order valence-corrected chi connectivity index (χ1v) is 6.79. The summed E-state index contributed by atoms with van der Waals surface area (Å²) in [5, 5.41) is 12.0. The fourth-order valence-corrected chi connectivity index (χ4v) is 2.37. The Labute approximate surface area is 119 Å². The zero-order valence-corrected chi connectivity index (χ0v) is 11.6. The average molecular weight is 291 g/mol. The van der Waals surface area contributed by atoms with Crippen LogP contribution in [0.5, 0.6) is 5.75 Å². The minimum Gasteiger partial charge on any atom is -0.493 e. The molecule has 0 fully saturated rings. The lowest BCUT2D eigenvalue weighted by atomic mass is 10.2. The molecule has 104 valence electrons. The van der Waals surface area contributed by atoms with Gasteiger partial charge < -0.3 is 15.2 Å². The van der Waals surface area contributed by atoms with Gasteiger partial charge in [-0.1, -0.05) is 12.1 Å². The van der Waals surface area contributed by atoms with E-state index in [-0.39, 0.29) is 10.8 Å². The van der Waals surface area contributed by atoms with Gasteiger partial charge in [-0.25, -0.2) is 4.79 Å². The van der Waals surface area contributed by atoms with Crippen LogP contribution in [0.3, 0.4) is 0 Å². The molecule has 0 radical (unpaired) electrons. The van der Waals surface area contributed by atoms with Crippen molar-refractivity contribution in [3.8, 4) is 5.75 Å².